The molecule has 1 aliphatic rings. The van der Waals surface area contributed by atoms with Crippen molar-refractivity contribution in [3.8, 4) is 22.5 Å². The summed E-state index contributed by atoms with van der Waals surface area (Å²) in [5.41, 5.74) is 6.88. The van der Waals surface area contributed by atoms with Crippen molar-refractivity contribution in [1.29, 1.82) is 0 Å². The van der Waals surface area contributed by atoms with Gasteiger partial charge in [-0.1, -0.05) is 68.0 Å². The number of Topliss-reactive ketones (excluding diaryl/α,β-unsaturated/α-hetero) is 1. The number of fused-ring (bicyclic) bond motifs is 1. The monoisotopic (exact) mass is 576 g/mol. The largest absolute Gasteiger partial charge is 0.350 e. The van der Waals surface area contributed by atoms with E-state index in [2.05, 4.69) is 67.4 Å². The highest BCUT2D eigenvalue weighted by Gasteiger charge is 2.27. The molecule has 11 heteroatoms. The molecule has 0 spiro atoms. The number of aromatic nitrogens is 7. The van der Waals surface area contributed by atoms with E-state index in [1.807, 2.05) is 24.3 Å². The Hall–Kier alpha value is -4.87. The SMILES string of the molecule is CCCCc1nc2cc(C3=NC=CCC3=O)c(C(OC)OC)nc2n1Cc1ccc(-c2ccccc2-c2nn[nH]n2)cc1. The number of rotatable bonds is 11. The van der Waals surface area contributed by atoms with Crippen molar-refractivity contribution in [2.24, 2.45) is 4.99 Å². The molecule has 3 aromatic heterocycles. The van der Waals surface area contributed by atoms with Crippen LogP contribution in [0.25, 0.3) is 33.7 Å². The fourth-order valence-corrected chi connectivity index (χ4v) is 5.34. The van der Waals surface area contributed by atoms with Gasteiger partial charge < -0.3 is 14.0 Å². The van der Waals surface area contributed by atoms with E-state index in [9.17, 15) is 4.79 Å². The molecule has 218 valence electrons. The molecule has 0 aliphatic carbocycles. The summed E-state index contributed by atoms with van der Waals surface area (Å²) in [5, 5.41) is 14.6. The number of nitrogens with zero attached hydrogens (tertiary/aromatic N) is 7. The number of unbranched alkanes of at least 4 members (excludes halogenated alkanes) is 1. The number of ether oxygens (including phenoxy) is 2. The standard InChI is InChI=1S/C32H32N8O3/c1-4-5-12-27-34-25-18-24(28-26(41)11-8-17-33-28)29(32(42-2)43-3)35-31(25)40(27)19-20-13-15-21(16-14-20)22-9-6-7-10-23(22)30-36-38-39-37-30/h6-10,13-18,32H,4-5,11-12,19H2,1-3H3,(H,36,37,38,39). The molecule has 5 aromatic rings. The van der Waals surface area contributed by atoms with Crippen molar-refractivity contribution < 1.29 is 14.3 Å². The van der Waals surface area contributed by atoms with Crippen LogP contribution in [0.1, 0.15) is 55.1 Å². The number of imidazole rings is 1. The molecule has 0 fully saturated rings. The van der Waals surface area contributed by atoms with Crippen LogP contribution < -0.4 is 0 Å². The summed E-state index contributed by atoms with van der Waals surface area (Å²) in [4.78, 5) is 27.2. The van der Waals surface area contributed by atoms with Gasteiger partial charge in [0.15, 0.2) is 11.4 Å². The van der Waals surface area contributed by atoms with Gasteiger partial charge in [-0.25, -0.2) is 9.97 Å². The molecule has 2 aromatic carbocycles. The molecule has 0 unspecified atom stereocenters. The summed E-state index contributed by atoms with van der Waals surface area (Å²) in [6.07, 6.45) is 5.73. The number of aliphatic imine (C=N–C) groups is 1. The lowest BCUT2D eigenvalue weighted by Crippen LogP contribution is -2.21. The Balaban J connectivity index is 1.41. The van der Waals surface area contributed by atoms with Crippen LogP contribution in [0.15, 0.2) is 71.9 Å². The van der Waals surface area contributed by atoms with Gasteiger partial charge in [-0.15, -0.1) is 10.2 Å². The van der Waals surface area contributed by atoms with Gasteiger partial charge in [0.05, 0.1) is 6.54 Å². The molecular weight excluding hydrogens is 544 g/mol. The van der Waals surface area contributed by atoms with Crippen molar-refractivity contribution in [2.75, 3.05) is 14.2 Å². The normalized spacial score (nSPS) is 13.3. The van der Waals surface area contributed by atoms with Gasteiger partial charge in [-0.2, -0.15) is 5.21 Å². The van der Waals surface area contributed by atoms with E-state index < -0.39 is 6.29 Å². The Labute approximate surface area is 248 Å². The average molecular weight is 577 g/mol. The van der Waals surface area contributed by atoms with Crippen LogP contribution >= 0.6 is 0 Å². The lowest BCUT2D eigenvalue weighted by molar-refractivity contribution is -0.112. The van der Waals surface area contributed by atoms with Gasteiger partial charge in [-0.05, 0) is 34.4 Å². The van der Waals surface area contributed by atoms with Crippen LogP contribution in [-0.4, -0.2) is 60.9 Å². The quantitative estimate of drug-likeness (QED) is 0.211. The van der Waals surface area contributed by atoms with Crippen molar-refractivity contribution in [3.05, 3.63) is 89.5 Å². The molecule has 0 atom stereocenters. The second-order valence-corrected chi connectivity index (χ2v) is 10.3. The minimum absolute atomic E-state index is 0.0810. The summed E-state index contributed by atoms with van der Waals surface area (Å²) < 4.78 is 13.4. The molecule has 1 aliphatic heterocycles. The zero-order chi connectivity index (χ0) is 29.8. The molecule has 0 bridgehead atoms. The number of hydrogen-bond acceptors (Lipinski definition) is 9. The Morgan fingerprint density at radius 2 is 1.79 bits per heavy atom. The highest BCUT2D eigenvalue weighted by molar-refractivity contribution is 6.47. The molecular formula is C32H32N8O3. The Kier molecular flexibility index (Phi) is 8.25. The third kappa shape index (κ3) is 5.64. The molecule has 43 heavy (non-hydrogen) atoms. The van der Waals surface area contributed by atoms with Crippen LogP contribution in [0.4, 0.5) is 0 Å². The molecule has 4 heterocycles. The molecule has 11 nitrogen and oxygen atoms in total. The van der Waals surface area contributed by atoms with Crippen LogP contribution in [0.3, 0.4) is 0 Å². The van der Waals surface area contributed by atoms with E-state index in [1.54, 1.807) is 26.5 Å². The number of carbonyl (C=O) groups is 1. The number of allylic oxidation sites excluding steroid dienone is 1. The minimum atomic E-state index is -0.776. The van der Waals surface area contributed by atoms with E-state index in [-0.39, 0.29) is 12.2 Å². The number of H-pyrrole nitrogens is 1. The average Bonchev–Trinajstić information content (AvgIpc) is 3.70. The highest BCUT2D eigenvalue weighted by atomic mass is 16.7. The molecule has 6 rings (SSSR count). The van der Waals surface area contributed by atoms with Gasteiger partial charge in [0.2, 0.25) is 12.1 Å². The Morgan fingerprint density at radius 1 is 1.00 bits per heavy atom. The maximum atomic E-state index is 12.8. The fourth-order valence-electron chi connectivity index (χ4n) is 5.34. The van der Waals surface area contributed by atoms with Crippen molar-refractivity contribution in [2.45, 2.75) is 45.4 Å². The first kappa shape index (κ1) is 28.3. The van der Waals surface area contributed by atoms with E-state index in [0.717, 1.165) is 47.3 Å². The first-order valence-corrected chi connectivity index (χ1v) is 14.3. The van der Waals surface area contributed by atoms with E-state index in [0.29, 0.717) is 40.5 Å². The second-order valence-electron chi connectivity index (χ2n) is 10.3. The fraction of sp³-hybridized carbons (Fsp3) is 0.281. The molecule has 1 N–H and O–H groups in total. The summed E-state index contributed by atoms with van der Waals surface area (Å²) in [7, 11) is 3.10. The third-order valence-electron chi connectivity index (χ3n) is 7.49. The van der Waals surface area contributed by atoms with E-state index >= 15 is 0 Å². The predicted octanol–water partition coefficient (Wildman–Crippen LogP) is 5.24. The smallest absolute Gasteiger partial charge is 0.205 e. The van der Waals surface area contributed by atoms with Crippen LogP contribution in [0.2, 0.25) is 0 Å². The zero-order valence-electron chi connectivity index (χ0n) is 24.3. The van der Waals surface area contributed by atoms with Crippen LogP contribution in [-0.2, 0) is 27.2 Å². The molecule has 0 saturated heterocycles. The lowest BCUT2D eigenvalue weighted by Gasteiger charge is -2.18. The van der Waals surface area contributed by atoms with Crippen molar-refractivity contribution >= 4 is 22.7 Å². The number of tetrazole rings is 1. The minimum Gasteiger partial charge on any atom is -0.350 e. The predicted molar refractivity (Wildman–Crippen MR) is 162 cm³/mol. The van der Waals surface area contributed by atoms with Gasteiger partial charge in [0.25, 0.3) is 0 Å². The first-order valence-electron chi connectivity index (χ1n) is 14.3. The van der Waals surface area contributed by atoms with Crippen LogP contribution in [0, 0.1) is 0 Å². The number of benzene rings is 2. The molecule has 0 amide bonds. The number of nitrogens with one attached hydrogen (secondary N) is 1. The van der Waals surface area contributed by atoms with Crippen molar-refractivity contribution in [1.82, 2.24) is 35.2 Å². The number of pyridine rings is 1. The van der Waals surface area contributed by atoms with Gasteiger partial charge >= 0.3 is 0 Å². The number of ketones is 1. The summed E-state index contributed by atoms with van der Waals surface area (Å²) >= 11 is 0. The maximum Gasteiger partial charge on any atom is 0.205 e. The topological polar surface area (TPSA) is 133 Å². The van der Waals surface area contributed by atoms with Gasteiger partial charge in [0.1, 0.15) is 22.7 Å². The Bertz CT molecular complexity index is 1800. The van der Waals surface area contributed by atoms with E-state index in [1.165, 1.54) is 0 Å². The summed E-state index contributed by atoms with van der Waals surface area (Å²) in [5.74, 6) is 1.40. The number of aryl methyl sites for hydroxylation is 1. The second kappa shape index (κ2) is 12.6. The van der Waals surface area contributed by atoms with Gasteiger partial charge in [-0.3, -0.25) is 9.79 Å². The number of hydrogen-bond donors (Lipinski definition) is 1. The number of carbonyl (C=O) groups excluding carboxylic acids is 1. The molecule has 0 saturated carbocycles. The van der Waals surface area contributed by atoms with E-state index in [4.69, 9.17) is 19.4 Å². The molecule has 0 radical (unpaired) electrons. The first-order chi connectivity index (χ1) is 21.1. The zero-order valence-corrected chi connectivity index (χ0v) is 24.3. The maximum absolute atomic E-state index is 12.8. The van der Waals surface area contributed by atoms with Crippen LogP contribution in [0.5, 0.6) is 0 Å². The highest BCUT2D eigenvalue weighted by Crippen LogP contribution is 2.31. The lowest BCUT2D eigenvalue weighted by atomic mass is 9.98. The number of aromatic amines is 1. The third-order valence-corrected chi connectivity index (χ3v) is 7.49. The Morgan fingerprint density at radius 3 is 2.49 bits per heavy atom. The summed E-state index contributed by atoms with van der Waals surface area (Å²) in [6.45, 7) is 2.73. The van der Waals surface area contributed by atoms with Gasteiger partial charge in [0, 0.05) is 44.4 Å². The number of methoxy groups -OCH3 is 2. The summed E-state index contributed by atoms with van der Waals surface area (Å²) in [6, 6.07) is 18.3. The van der Waals surface area contributed by atoms with Crippen molar-refractivity contribution in [3.63, 3.8) is 0 Å².